The molecule has 3 nitrogen and oxygen atoms in total. The van der Waals surface area contributed by atoms with Crippen LogP contribution in [0.3, 0.4) is 0 Å². The Morgan fingerprint density at radius 3 is 2.83 bits per heavy atom. The molecule has 1 atom stereocenters. The zero-order valence-electron chi connectivity index (χ0n) is 10.8. The smallest absolute Gasteiger partial charge is 0.208 e. The summed E-state index contributed by atoms with van der Waals surface area (Å²) < 4.78 is 12.1. The molecule has 18 heavy (non-hydrogen) atoms. The third-order valence-corrected chi connectivity index (χ3v) is 3.67. The van der Waals surface area contributed by atoms with Crippen LogP contribution < -0.4 is 0 Å². The number of morpholine rings is 1. The van der Waals surface area contributed by atoms with E-state index in [1.165, 1.54) is 0 Å². The van der Waals surface area contributed by atoms with Crippen LogP contribution in [0.2, 0.25) is 0 Å². The SMILES string of the molecule is CN1CCO[C@](OCCCBr)(c2ccccc2)C1. The zero-order valence-corrected chi connectivity index (χ0v) is 12.4. The lowest BCUT2D eigenvalue weighted by atomic mass is 10.0. The molecule has 2 rings (SSSR count). The van der Waals surface area contributed by atoms with E-state index in [4.69, 9.17) is 9.47 Å². The molecular weight excluding hydrogens is 294 g/mol. The van der Waals surface area contributed by atoms with Gasteiger partial charge in [-0.3, -0.25) is 4.90 Å². The molecule has 0 amide bonds. The van der Waals surface area contributed by atoms with Gasteiger partial charge in [-0.1, -0.05) is 46.3 Å². The predicted octanol–water partition coefficient (Wildman–Crippen LogP) is 2.60. The zero-order chi connectivity index (χ0) is 12.8. The minimum atomic E-state index is -0.601. The number of rotatable bonds is 5. The van der Waals surface area contributed by atoms with E-state index in [2.05, 4.69) is 40.0 Å². The molecule has 0 aliphatic carbocycles. The van der Waals surface area contributed by atoms with Crippen molar-refractivity contribution in [1.82, 2.24) is 4.90 Å². The molecule has 0 N–H and O–H groups in total. The number of benzene rings is 1. The number of halogens is 1. The standard InChI is InChI=1S/C14H20BrNO2/c1-16-9-11-18-14(12-16,17-10-5-8-15)13-6-3-2-4-7-13/h2-4,6-7H,5,8-12H2,1H3/t14-/m0/s1. The van der Waals surface area contributed by atoms with Crippen molar-refractivity contribution in [3.05, 3.63) is 35.9 Å². The third kappa shape index (κ3) is 3.32. The Hall–Kier alpha value is -0.420. The lowest BCUT2D eigenvalue weighted by molar-refractivity contribution is -0.274. The third-order valence-electron chi connectivity index (χ3n) is 3.11. The highest BCUT2D eigenvalue weighted by molar-refractivity contribution is 9.09. The fourth-order valence-corrected chi connectivity index (χ4v) is 2.40. The van der Waals surface area contributed by atoms with Gasteiger partial charge in [0.15, 0.2) is 0 Å². The van der Waals surface area contributed by atoms with Crippen molar-refractivity contribution in [3.63, 3.8) is 0 Å². The molecule has 1 heterocycles. The first-order chi connectivity index (χ1) is 8.77. The molecule has 0 saturated carbocycles. The van der Waals surface area contributed by atoms with Crippen molar-refractivity contribution < 1.29 is 9.47 Å². The maximum Gasteiger partial charge on any atom is 0.208 e. The summed E-state index contributed by atoms with van der Waals surface area (Å²) >= 11 is 3.43. The molecule has 0 radical (unpaired) electrons. The molecule has 1 aromatic carbocycles. The molecule has 1 saturated heterocycles. The van der Waals surface area contributed by atoms with Gasteiger partial charge in [0.2, 0.25) is 5.79 Å². The Balaban J connectivity index is 2.16. The Morgan fingerprint density at radius 1 is 1.39 bits per heavy atom. The summed E-state index contributed by atoms with van der Waals surface area (Å²) in [6.45, 7) is 3.14. The average molecular weight is 314 g/mol. The Kier molecular flexibility index (Phi) is 5.18. The van der Waals surface area contributed by atoms with E-state index in [1.807, 2.05) is 18.2 Å². The first-order valence-electron chi connectivity index (χ1n) is 6.35. The van der Waals surface area contributed by atoms with Crippen LogP contribution in [0.1, 0.15) is 12.0 Å². The van der Waals surface area contributed by atoms with Crippen LogP contribution in [-0.4, -0.2) is 43.6 Å². The largest absolute Gasteiger partial charge is 0.345 e. The molecule has 100 valence electrons. The summed E-state index contributed by atoms with van der Waals surface area (Å²) in [6.07, 6.45) is 0.988. The maximum absolute atomic E-state index is 6.07. The molecule has 4 heteroatoms. The molecule has 1 aliphatic heterocycles. The van der Waals surface area contributed by atoms with Crippen LogP contribution in [0.25, 0.3) is 0 Å². The first-order valence-corrected chi connectivity index (χ1v) is 7.47. The van der Waals surface area contributed by atoms with Crippen LogP contribution in [0.15, 0.2) is 30.3 Å². The van der Waals surface area contributed by atoms with Gasteiger partial charge in [-0.15, -0.1) is 0 Å². The topological polar surface area (TPSA) is 21.7 Å². The number of likely N-dealkylation sites (N-methyl/N-ethyl adjacent to an activating group) is 1. The summed E-state index contributed by atoms with van der Waals surface area (Å²) in [4.78, 5) is 2.25. The van der Waals surface area contributed by atoms with Gasteiger partial charge in [0.1, 0.15) is 0 Å². The lowest BCUT2D eigenvalue weighted by Crippen LogP contribution is -2.50. The molecule has 1 aromatic rings. The number of hydrogen-bond acceptors (Lipinski definition) is 3. The highest BCUT2D eigenvalue weighted by Gasteiger charge is 2.38. The Labute approximate surface area is 117 Å². The molecular formula is C14H20BrNO2. The second-order valence-electron chi connectivity index (χ2n) is 4.60. The van der Waals surface area contributed by atoms with Crippen LogP contribution in [0, 0.1) is 0 Å². The monoisotopic (exact) mass is 313 g/mol. The van der Waals surface area contributed by atoms with Gasteiger partial charge >= 0.3 is 0 Å². The molecule has 0 unspecified atom stereocenters. The number of nitrogens with zero attached hydrogens (tertiary/aromatic N) is 1. The normalized spacial score (nSPS) is 25.2. The van der Waals surface area contributed by atoms with Gasteiger partial charge in [-0.2, -0.15) is 0 Å². The molecule has 1 aliphatic rings. The second-order valence-corrected chi connectivity index (χ2v) is 5.39. The summed E-state index contributed by atoms with van der Waals surface area (Å²) in [5.74, 6) is -0.601. The van der Waals surface area contributed by atoms with E-state index >= 15 is 0 Å². The summed E-state index contributed by atoms with van der Waals surface area (Å²) in [5, 5.41) is 0.952. The molecule has 1 fully saturated rings. The van der Waals surface area contributed by atoms with E-state index < -0.39 is 5.79 Å². The Morgan fingerprint density at radius 2 is 2.17 bits per heavy atom. The van der Waals surface area contributed by atoms with E-state index in [0.717, 1.165) is 30.4 Å². The number of alkyl halides is 1. The van der Waals surface area contributed by atoms with Gasteiger partial charge in [-0.05, 0) is 13.5 Å². The minimum Gasteiger partial charge on any atom is -0.345 e. The Bertz CT molecular complexity index is 360. The van der Waals surface area contributed by atoms with Crippen molar-refractivity contribution in [1.29, 1.82) is 0 Å². The van der Waals surface area contributed by atoms with E-state index in [1.54, 1.807) is 0 Å². The van der Waals surface area contributed by atoms with Crippen molar-refractivity contribution in [2.24, 2.45) is 0 Å². The fraction of sp³-hybridized carbons (Fsp3) is 0.571. The van der Waals surface area contributed by atoms with Gasteiger partial charge in [0.25, 0.3) is 0 Å². The quantitative estimate of drug-likeness (QED) is 0.616. The van der Waals surface area contributed by atoms with E-state index in [0.29, 0.717) is 13.2 Å². The molecule has 0 spiro atoms. The molecule has 0 bridgehead atoms. The lowest BCUT2D eigenvalue weighted by Gasteiger charge is -2.41. The second kappa shape index (κ2) is 6.66. The van der Waals surface area contributed by atoms with Crippen molar-refractivity contribution in [2.75, 3.05) is 38.7 Å². The number of hydrogen-bond donors (Lipinski definition) is 0. The average Bonchev–Trinajstić information content (AvgIpc) is 2.40. The van der Waals surface area contributed by atoms with Crippen molar-refractivity contribution >= 4 is 15.9 Å². The van der Waals surface area contributed by atoms with Crippen LogP contribution in [0.4, 0.5) is 0 Å². The highest BCUT2D eigenvalue weighted by atomic mass is 79.9. The van der Waals surface area contributed by atoms with Gasteiger partial charge in [-0.25, -0.2) is 0 Å². The van der Waals surface area contributed by atoms with Crippen LogP contribution >= 0.6 is 15.9 Å². The number of ether oxygens (including phenoxy) is 2. The summed E-state index contributed by atoms with van der Waals surface area (Å²) in [7, 11) is 2.11. The van der Waals surface area contributed by atoms with Gasteiger partial charge in [0.05, 0.1) is 19.8 Å². The van der Waals surface area contributed by atoms with Crippen molar-refractivity contribution in [3.8, 4) is 0 Å². The minimum absolute atomic E-state index is 0.601. The van der Waals surface area contributed by atoms with E-state index in [-0.39, 0.29) is 0 Å². The van der Waals surface area contributed by atoms with Gasteiger partial charge < -0.3 is 9.47 Å². The predicted molar refractivity (Wildman–Crippen MR) is 75.9 cm³/mol. The fourth-order valence-electron chi connectivity index (χ4n) is 2.18. The molecule has 0 aromatic heterocycles. The summed E-state index contributed by atoms with van der Waals surface area (Å²) in [6, 6.07) is 10.2. The van der Waals surface area contributed by atoms with Gasteiger partial charge in [0, 0.05) is 17.4 Å². The van der Waals surface area contributed by atoms with Crippen molar-refractivity contribution in [2.45, 2.75) is 12.2 Å². The van der Waals surface area contributed by atoms with E-state index in [9.17, 15) is 0 Å². The van der Waals surface area contributed by atoms with Crippen LogP contribution in [0.5, 0.6) is 0 Å². The maximum atomic E-state index is 6.07. The first kappa shape index (κ1) is 14.0. The van der Waals surface area contributed by atoms with Crippen LogP contribution in [-0.2, 0) is 15.3 Å². The summed E-state index contributed by atoms with van der Waals surface area (Å²) in [5.41, 5.74) is 1.10. The highest BCUT2D eigenvalue weighted by Crippen LogP contribution is 2.31.